The summed E-state index contributed by atoms with van der Waals surface area (Å²) in [4.78, 5) is 42.3. The van der Waals surface area contributed by atoms with Crippen molar-refractivity contribution in [1.29, 1.82) is 0 Å². The van der Waals surface area contributed by atoms with Crippen molar-refractivity contribution >= 4 is 63.3 Å². The number of nitrogens with zero attached hydrogens (tertiary/aromatic N) is 2. The summed E-state index contributed by atoms with van der Waals surface area (Å²) in [7, 11) is -1.75. The standard InChI is InChI=1S/C19H13ClN4O4S2/c20-14-6-8-17(29-14)30(28)23-19(27)22-12-5-7-15(21-10-12)24-16(25)9-11-3-1-2-4-13(11)18(24)26/h1-8,10H,9H2,(H2,22,23,27). The van der Waals surface area contributed by atoms with E-state index < -0.39 is 22.9 Å². The number of benzene rings is 1. The molecule has 2 aromatic heterocycles. The predicted molar refractivity (Wildman–Crippen MR) is 114 cm³/mol. The molecule has 0 radical (unpaired) electrons. The van der Waals surface area contributed by atoms with Crippen LogP contribution < -0.4 is 14.9 Å². The number of rotatable bonds is 4. The lowest BCUT2D eigenvalue weighted by atomic mass is 9.98. The lowest BCUT2D eigenvalue weighted by Crippen LogP contribution is -2.42. The zero-order chi connectivity index (χ0) is 21.3. The van der Waals surface area contributed by atoms with Gasteiger partial charge in [0.15, 0.2) is 11.0 Å². The van der Waals surface area contributed by atoms with E-state index in [1.54, 1.807) is 36.4 Å². The molecule has 3 aromatic rings. The van der Waals surface area contributed by atoms with Crippen molar-refractivity contribution in [2.45, 2.75) is 10.6 Å². The van der Waals surface area contributed by atoms with Gasteiger partial charge < -0.3 is 5.32 Å². The molecule has 0 spiro atoms. The van der Waals surface area contributed by atoms with E-state index in [-0.39, 0.29) is 18.1 Å². The van der Waals surface area contributed by atoms with Crippen LogP contribution in [0.3, 0.4) is 0 Å². The highest BCUT2D eigenvalue weighted by molar-refractivity contribution is 7.86. The maximum atomic E-state index is 12.7. The molecule has 8 nitrogen and oxygen atoms in total. The number of nitrogens with one attached hydrogen (secondary N) is 2. The highest BCUT2D eigenvalue weighted by Gasteiger charge is 2.32. The van der Waals surface area contributed by atoms with Crippen LogP contribution in [0.1, 0.15) is 15.9 Å². The van der Waals surface area contributed by atoms with E-state index in [1.807, 2.05) is 0 Å². The number of halogens is 1. The number of anilines is 2. The fourth-order valence-corrected chi connectivity index (χ4v) is 4.99. The SMILES string of the molecule is O=C(Nc1ccc(N2C(=O)Cc3ccccc3C2=O)nc1)NS(=O)c1ccc(Cl)s1. The molecule has 0 aliphatic carbocycles. The Balaban J connectivity index is 1.44. The van der Waals surface area contributed by atoms with Gasteiger partial charge in [-0.1, -0.05) is 29.8 Å². The zero-order valence-electron chi connectivity index (χ0n) is 15.1. The van der Waals surface area contributed by atoms with Crippen LogP contribution in [0.2, 0.25) is 4.34 Å². The number of imide groups is 1. The Kier molecular flexibility index (Phi) is 5.62. The van der Waals surface area contributed by atoms with Gasteiger partial charge in [0.2, 0.25) is 5.91 Å². The van der Waals surface area contributed by atoms with Gasteiger partial charge in [0.05, 0.1) is 22.6 Å². The monoisotopic (exact) mass is 460 g/mol. The van der Waals surface area contributed by atoms with Crippen molar-refractivity contribution in [2.75, 3.05) is 10.2 Å². The average molecular weight is 461 g/mol. The molecule has 1 atom stereocenters. The summed E-state index contributed by atoms with van der Waals surface area (Å²) >= 11 is 6.89. The van der Waals surface area contributed by atoms with Gasteiger partial charge in [-0.15, -0.1) is 11.3 Å². The number of hydrogen-bond donors (Lipinski definition) is 2. The summed E-state index contributed by atoms with van der Waals surface area (Å²) in [6.45, 7) is 0. The summed E-state index contributed by atoms with van der Waals surface area (Å²) in [5.41, 5.74) is 1.44. The molecule has 30 heavy (non-hydrogen) atoms. The summed E-state index contributed by atoms with van der Waals surface area (Å²) in [6.07, 6.45) is 1.41. The molecule has 3 heterocycles. The average Bonchev–Trinajstić information content (AvgIpc) is 3.16. The Hall–Kier alpha value is -3.08. The van der Waals surface area contributed by atoms with Gasteiger partial charge in [0.1, 0.15) is 10.0 Å². The minimum atomic E-state index is -1.75. The first-order valence-electron chi connectivity index (χ1n) is 8.58. The van der Waals surface area contributed by atoms with Gasteiger partial charge in [-0.2, -0.15) is 0 Å². The number of hydrogen-bond acceptors (Lipinski definition) is 6. The van der Waals surface area contributed by atoms with Gasteiger partial charge in [-0.05, 0) is 35.9 Å². The van der Waals surface area contributed by atoms with Gasteiger partial charge in [-0.25, -0.2) is 18.9 Å². The topological polar surface area (TPSA) is 108 Å². The van der Waals surface area contributed by atoms with Gasteiger partial charge in [-0.3, -0.25) is 14.3 Å². The summed E-state index contributed by atoms with van der Waals surface area (Å²) in [6, 6.07) is 12.3. The molecule has 1 aliphatic heterocycles. The van der Waals surface area contributed by atoms with Gasteiger partial charge in [0, 0.05) is 5.56 Å². The van der Waals surface area contributed by atoms with Crippen LogP contribution in [0.4, 0.5) is 16.3 Å². The maximum Gasteiger partial charge on any atom is 0.331 e. The number of amides is 4. The molecule has 4 amide bonds. The minimum Gasteiger partial charge on any atom is -0.306 e. The predicted octanol–water partition coefficient (Wildman–Crippen LogP) is 3.37. The molecule has 1 aliphatic rings. The van der Waals surface area contributed by atoms with Crippen LogP contribution >= 0.6 is 22.9 Å². The van der Waals surface area contributed by atoms with E-state index in [0.717, 1.165) is 16.2 Å². The fraction of sp³-hybridized carbons (Fsp3) is 0.0526. The molecule has 11 heteroatoms. The molecule has 1 aromatic carbocycles. The molecule has 1 unspecified atom stereocenters. The molecule has 0 saturated heterocycles. The van der Waals surface area contributed by atoms with Gasteiger partial charge >= 0.3 is 6.03 Å². The largest absolute Gasteiger partial charge is 0.331 e. The molecule has 0 saturated carbocycles. The third kappa shape index (κ3) is 4.11. The Bertz CT molecular complexity index is 1180. The zero-order valence-corrected chi connectivity index (χ0v) is 17.5. The first-order valence-corrected chi connectivity index (χ1v) is 10.9. The van der Waals surface area contributed by atoms with Crippen molar-refractivity contribution in [3.8, 4) is 0 Å². The highest BCUT2D eigenvalue weighted by Crippen LogP contribution is 2.25. The van der Waals surface area contributed by atoms with E-state index in [1.165, 1.54) is 18.3 Å². The number of aromatic nitrogens is 1. The van der Waals surface area contributed by atoms with Crippen molar-refractivity contribution in [3.63, 3.8) is 0 Å². The number of carbonyl (C=O) groups is 3. The second kappa shape index (κ2) is 8.34. The van der Waals surface area contributed by atoms with E-state index >= 15 is 0 Å². The quantitative estimate of drug-likeness (QED) is 0.580. The molecular weight excluding hydrogens is 448 g/mol. The lowest BCUT2D eigenvalue weighted by molar-refractivity contribution is -0.117. The number of pyridine rings is 1. The number of thiophene rings is 1. The number of fused-ring (bicyclic) bond motifs is 1. The van der Waals surface area contributed by atoms with Crippen LogP contribution in [0.15, 0.2) is 58.9 Å². The Morgan fingerprint density at radius 1 is 1.13 bits per heavy atom. The number of carbonyl (C=O) groups excluding carboxylic acids is 3. The molecule has 0 bridgehead atoms. The molecular formula is C19H13ClN4O4S2. The maximum absolute atomic E-state index is 12.7. The smallest absolute Gasteiger partial charge is 0.306 e. The number of urea groups is 1. The van der Waals surface area contributed by atoms with Crippen molar-refractivity contribution < 1.29 is 18.6 Å². The highest BCUT2D eigenvalue weighted by atomic mass is 35.5. The van der Waals surface area contributed by atoms with Crippen LogP contribution in [-0.4, -0.2) is 27.0 Å². The van der Waals surface area contributed by atoms with E-state index in [2.05, 4.69) is 15.0 Å². The Morgan fingerprint density at radius 2 is 1.93 bits per heavy atom. The van der Waals surface area contributed by atoms with Crippen LogP contribution in [0.5, 0.6) is 0 Å². The van der Waals surface area contributed by atoms with Gasteiger partial charge in [0.25, 0.3) is 5.91 Å². The van der Waals surface area contributed by atoms with Crippen molar-refractivity contribution in [2.24, 2.45) is 0 Å². The first-order chi connectivity index (χ1) is 14.4. The first kappa shape index (κ1) is 20.2. The van der Waals surface area contributed by atoms with Crippen molar-refractivity contribution in [1.82, 2.24) is 9.71 Å². The van der Waals surface area contributed by atoms with E-state index in [0.29, 0.717) is 25.4 Å². The van der Waals surface area contributed by atoms with E-state index in [9.17, 15) is 18.6 Å². The minimum absolute atomic E-state index is 0.102. The van der Waals surface area contributed by atoms with Crippen LogP contribution in [0, 0.1) is 0 Å². The second-order valence-electron chi connectivity index (χ2n) is 6.16. The Labute approximate surface area is 182 Å². The fourth-order valence-electron chi connectivity index (χ4n) is 2.87. The normalized spacial score (nSPS) is 14.2. The third-order valence-electron chi connectivity index (χ3n) is 4.19. The molecule has 152 valence electrons. The Morgan fingerprint density at radius 3 is 2.63 bits per heavy atom. The van der Waals surface area contributed by atoms with Crippen LogP contribution in [0.25, 0.3) is 0 Å². The van der Waals surface area contributed by atoms with E-state index in [4.69, 9.17) is 11.6 Å². The summed E-state index contributed by atoms with van der Waals surface area (Å²) < 4.78 is 15.2. The lowest BCUT2D eigenvalue weighted by Gasteiger charge is -2.25. The second-order valence-corrected chi connectivity index (χ2v) is 9.31. The van der Waals surface area contributed by atoms with Crippen LogP contribution in [-0.2, 0) is 22.2 Å². The molecule has 2 N–H and O–H groups in total. The molecule has 4 rings (SSSR count). The summed E-state index contributed by atoms with van der Waals surface area (Å²) in [5.74, 6) is -0.672. The third-order valence-corrected chi connectivity index (χ3v) is 6.80. The summed E-state index contributed by atoms with van der Waals surface area (Å²) in [5, 5.41) is 2.50. The molecule has 0 fully saturated rings. The van der Waals surface area contributed by atoms with Crippen molar-refractivity contribution in [3.05, 3.63) is 70.2 Å².